The Bertz CT molecular complexity index is 1740. The van der Waals surface area contributed by atoms with Crippen LogP contribution in [0.3, 0.4) is 0 Å². The predicted octanol–water partition coefficient (Wildman–Crippen LogP) is 4.56. The third-order valence-corrected chi connectivity index (χ3v) is 7.97. The number of amides is 1. The van der Waals surface area contributed by atoms with Gasteiger partial charge in [0.1, 0.15) is 4.90 Å². The second kappa shape index (κ2) is 10.7. The number of hydrogen-bond donors (Lipinski definition) is 1. The fourth-order valence-corrected chi connectivity index (χ4v) is 5.48. The molecule has 1 aliphatic heterocycles. The average molecular weight is 577 g/mol. The number of ether oxygens (including phenoxy) is 2. The van der Waals surface area contributed by atoms with Crippen LogP contribution in [0.5, 0.6) is 11.6 Å². The van der Waals surface area contributed by atoms with Gasteiger partial charge in [0.15, 0.2) is 11.6 Å². The zero-order valence-electron chi connectivity index (χ0n) is 20.7. The van der Waals surface area contributed by atoms with Gasteiger partial charge in [0, 0.05) is 23.6 Å². The molecule has 1 aliphatic rings. The number of alkyl halides is 3. The molecule has 0 fully saturated rings. The molecule has 0 aliphatic carbocycles. The number of rotatable bonds is 6. The van der Waals surface area contributed by atoms with Crippen molar-refractivity contribution in [1.82, 2.24) is 20.3 Å². The predicted molar refractivity (Wildman–Crippen MR) is 134 cm³/mol. The molecule has 0 saturated heterocycles. The molecular formula is C26H20F4N4O5S. The zero-order valence-corrected chi connectivity index (χ0v) is 21.5. The molecule has 0 saturated carbocycles. The summed E-state index contributed by atoms with van der Waals surface area (Å²) in [7, 11) is -3.31. The smallest absolute Gasteiger partial charge is 0.269 e. The Labute approximate surface area is 225 Å². The molecule has 208 valence electrons. The lowest BCUT2D eigenvalue weighted by atomic mass is 10.1. The summed E-state index contributed by atoms with van der Waals surface area (Å²) in [6, 6.07) is 9.22. The van der Waals surface area contributed by atoms with Crippen molar-refractivity contribution in [2.75, 3.05) is 13.7 Å². The number of sulfone groups is 1. The van der Waals surface area contributed by atoms with Crippen molar-refractivity contribution in [3.8, 4) is 23.0 Å². The lowest BCUT2D eigenvalue weighted by Crippen LogP contribution is -2.24. The second-order valence-electron chi connectivity index (χ2n) is 8.72. The fourth-order valence-electron chi connectivity index (χ4n) is 4.09. The van der Waals surface area contributed by atoms with Crippen LogP contribution < -0.4 is 14.8 Å². The summed E-state index contributed by atoms with van der Waals surface area (Å²) in [6.07, 6.45) is -1.72. The monoisotopic (exact) mass is 576 g/mol. The number of carbonyl (C=O) groups excluding carboxylic acids is 1. The van der Waals surface area contributed by atoms with Crippen LogP contribution in [0, 0.1) is 5.82 Å². The number of pyridine rings is 3. The average Bonchev–Trinajstić information content (AvgIpc) is 3.06. The number of methoxy groups -OCH3 is 1. The van der Waals surface area contributed by atoms with Crippen LogP contribution in [0.4, 0.5) is 17.6 Å². The van der Waals surface area contributed by atoms with Crippen molar-refractivity contribution in [2.24, 2.45) is 0 Å². The van der Waals surface area contributed by atoms with Gasteiger partial charge in [-0.25, -0.2) is 35.9 Å². The van der Waals surface area contributed by atoms with E-state index >= 15 is 0 Å². The highest BCUT2D eigenvalue weighted by atomic mass is 32.2. The normalized spacial score (nSPS) is 16.2. The van der Waals surface area contributed by atoms with E-state index in [-0.39, 0.29) is 30.2 Å². The highest BCUT2D eigenvalue weighted by molar-refractivity contribution is 7.92. The van der Waals surface area contributed by atoms with Gasteiger partial charge in [-0.05, 0) is 42.5 Å². The van der Waals surface area contributed by atoms with Crippen molar-refractivity contribution in [3.05, 3.63) is 71.3 Å². The second-order valence-corrected chi connectivity index (χ2v) is 10.8. The Hall–Kier alpha value is -4.33. The largest absolute Gasteiger partial charge is 0.489 e. The van der Waals surface area contributed by atoms with Gasteiger partial charge in [0.2, 0.25) is 21.2 Å². The summed E-state index contributed by atoms with van der Waals surface area (Å²) < 4.78 is 90.0. The molecule has 0 bridgehead atoms. The molecule has 9 nitrogen and oxygen atoms in total. The SMILES string of the molecule is COc1nc(-c2ccc3cnc(CNC(=O)c4cc(F)c5c(c4)S(=O)(=O)[C@@H](F)CCO5)cc3n2)ccc1C(F)F. The van der Waals surface area contributed by atoms with Crippen molar-refractivity contribution >= 4 is 26.6 Å². The van der Waals surface area contributed by atoms with E-state index in [1.165, 1.54) is 25.4 Å². The molecule has 1 N–H and O–H groups in total. The number of aromatic nitrogens is 3. The summed E-state index contributed by atoms with van der Waals surface area (Å²) >= 11 is 0. The minimum atomic E-state index is -4.55. The van der Waals surface area contributed by atoms with Gasteiger partial charge in [-0.3, -0.25) is 9.78 Å². The Morgan fingerprint density at radius 3 is 2.65 bits per heavy atom. The summed E-state index contributed by atoms with van der Waals surface area (Å²) in [6.45, 7) is -0.465. The molecule has 5 rings (SSSR count). The van der Waals surface area contributed by atoms with Crippen molar-refractivity contribution in [2.45, 2.75) is 29.8 Å². The number of carbonyl (C=O) groups is 1. The molecule has 4 heterocycles. The van der Waals surface area contributed by atoms with Gasteiger partial charge in [-0.2, -0.15) is 0 Å². The van der Waals surface area contributed by atoms with Gasteiger partial charge < -0.3 is 14.8 Å². The Balaban J connectivity index is 1.38. The first-order valence-corrected chi connectivity index (χ1v) is 13.3. The Kier molecular flexibility index (Phi) is 7.27. The quantitative estimate of drug-likeness (QED) is 0.332. The molecule has 3 aromatic heterocycles. The molecule has 4 aromatic rings. The van der Waals surface area contributed by atoms with Crippen LogP contribution in [-0.2, 0) is 16.4 Å². The molecule has 1 amide bonds. The standard InChI is InChI=1S/C26H20F4N4O5S/c1-38-26-16(24(29)30)3-5-19(34-26)18-4-2-13-11-31-15(10-20(13)33-18)12-32-25(35)14-8-17(27)23-21(9-14)40(36,37)22(28)6-7-39-23/h2-5,8-11,22,24H,6-7,12H2,1H3,(H,32,35)/t22-/m1/s1. The maximum Gasteiger partial charge on any atom is 0.269 e. The molecule has 40 heavy (non-hydrogen) atoms. The first-order valence-electron chi connectivity index (χ1n) is 11.8. The highest BCUT2D eigenvalue weighted by Gasteiger charge is 2.35. The van der Waals surface area contributed by atoms with Crippen LogP contribution in [0.15, 0.2) is 53.6 Å². The van der Waals surface area contributed by atoms with Gasteiger partial charge >= 0.3 is 0 Å². The summed E-state index contributed by atoms with van der Waals surface area (Å²) in [5, 5.41) is 3.17. The van der Waals surface area contributed by atoms with Crippen LogP contribution in [0.1, 0.15) is 34.5 Å². The van der Waals surface area contributed by atoms with Crippen LogP contribution in [0.2, 0.25) is 0 Å². The number of nitrogens with zero attached hydrogens (tertiary/aromatic N) is 3. The number of halogens is 4. The van der Waals surface area contributed by atoms with Gasteiger partial charge in [0.05, 0.1) is 48.4 Å². The summed E-state index contributed by atoms with van der Waals surface area (Å²) in [4.78, 5) is 24.9. The van der Waals surface area contributed by atoms with E-state index < -0.39 is 50.6 Å². The topological polar surface area (TPSA) is 120 Å². The number of nitrogens with one attached hydrogen (secondary N) is 1. The number of fused-ring (bicyclic) bond motifs is 2. The zero-order chi connectivity index (χ0) is 28.6. The molecule has 1 aromatic carbocycles. The Morgan fingerprint density at radius 1 is 1.15 bits per heavy atom. The third kappa shape index (κ3) is 5.13. The maximum absolute atomic E-state index is 14.6. The molecule has 0 spiro atoms. The van der Waals surface area contributed by atoms with E-state index in [0.717, 1.165) is 12.1 Å². The number of hydrogen-bond acceptors (Lipinski definition) is 8. The third-order valence-electron chi connectivity index (χ3n) is 6.15. The van der Waals surface area contributed by atoms with Crippen molar-refractivity contribution in [3.63, 3.8) is 0 Å². The molecule has 1 atom stereocenters. The highest BCUT2D eigenvalue weighted by Crippen LogP contribution is 2.35. The summed E-state index contributed by atoms with van der Waals surface area (Å²) in [5.74, 6) is -2.77. The van der Waals surface area contributed by atoms with E-state index in [1.807, 2.05) is 0 Å². The van der Waals surface area contributed by atoms with E-state index in [2.05, 4.69) is 20.3 Å². The lowest BCUT2D eigenvalue weighted by Gasteiger charge is -2.12. The van der Waals surface area contributed by atoms with Gasteiger partial charge in [-0.15, -0.1) is 0 Å². The van der Waals surface area contributed by atoms with E-state index in [0.29, 0.717) is 28.0 Å². The first kappa shape index (κ1) is 27.2. The Morgan fingerprint density at radius 2 is 1.90 bits per heavy atom. The minimum Gasteiger partial charge on any atom is -0.489 e. The van der Waals surface area contributed by atoms with Crippen LogP contribution in [0.25, 0.3) is 22.3 Å². The first-order chi connectivity index (χ1) is 19.1. The minimum absolute atomic E-state index is 0.135. The van der Waals surface area contributed by atoms with Crippen LogP contribution in [-0.4, -0.2) is 48.5 Å². The molecular weight excluding hydrogens is 556 g/mol. The fraction of sp³-hybridized carbons (Fsp3) is 0.231. The van der Waals surface area contributed by atoms with E-state index in [1.54, 1.807) is 18.2 Å². The van der Waals surface area contributed by atoms with Crippen molar-refractivity contribution < 1.29 is 40.2 Å². The van der Waals surface area contributed by atoms with E-state index in [4.69, 9.17) is 9.47 Å². The molecule has 0 radical (unpaired) electrons. The van der Waals surface area contributed by atoms with E-state index in [9.17, 15) is 30.8 Å². The molecule has 14 heteroatoms. The molecule has 0 unspecified atom stereocenters. The van der Waals surface area contributed by atoms with Gasteiger partial charge in [-0.1, -0.05) is 0 Å². The number of benzene rings is 1. The summed E-state index contributed by atoms with van der Waals surface area (Å²) in [5.41, 5.74) is -1.48. The van der Waals surface area contributed by atoms with Crippen LogP contribution >= 0.6 is 0 Å². The maximum atomic E-state index is 14.6. The lowest BCUT2D eigenvalue weighted by molar-refractivity contribution is 0.0949. The van der Waals surface area contributed by atoms with Crippen molar-refractivity contribution in [1.29, 1.82) is 0 Å². The van der Waals surface area contributed by atoms with Gasteiger partial charge in [0.25, 0.3) is 12.3 Å².